The van der Waals surface area contributed by atoms with Gasteiger partial charge >= 0.3 is 0 Å². The van der Waals surface area contributed by atoms with E-state index < -0.39 is 0 Å². The van der Waals surface area contributed by atoms with Crippen LogP contribution in [0.4, 0.5) is 5.82 Å². The van der Waals surface area contributed by atoms with Crippen LogP contribution in [0.5, 0.6) is 5.88 Å². The average Bonchev–Trinajstić information content (AvgIpc) is 2.30. The van der Waals surface area contributed by atoms with Gasteiger partial charge in [0.2, 0.25) is 5.88 Å². The van der Waals surface area contributed by atoms with Crippen LogP contribution < -0.4 is 10.1 Å². The standard InChI is InChI=1S/C13H21ClN2O/c1-4-13(3,9-10-14)16-11-7-6-8-12(15-11)17-5-2/h6-8H,4-5,9-10H2,1-3H3,(H,15,16). The minimum atomic E-state index is -0.0143. The predicted molar refractivity (Wildman–Crippen MR) is 73.1 cm³/mol. The summed E-state index contributed by atoms with van der Waals surface area (Å²) in [6.45, 7) is 6.88. The average molecular weight is 257 g/mol. The molecule has 96 valence electrons. The smallest absolute Gasteiger partial charge is 0.215 e. The first-order valence-corrected chi connectivity index (χ1v) is 6.61. The highest BCUT2D eigenvalue weighted by molar-refractivity contribution is 6.17. The first-order chi connectivity index (χ1) is 8.13. The van der Waals surface area contributed by atoms with Gasteiger partial charge < -0.3 is 10.1 Å². The molecule has 0 saturated carbocycles. The van der Waals surface area contributed by atoms with Crippen LogP contribution in [0, 0.1) is 0 Å². The van der Waals surface area contributed by atoms with Crippen molar-refractivity contribution in [1.29, 1.82) is 0 Å². The first kappa shape index (κ1) is 14.1. The van der Waals surface area contributed by atoms with Crippen molar-refractivity contribution in [2.24, 2.45) is 0 Å². The summed E-state index contributed by atoms with van der Waals surface area (Å²) in [5.74, 6) is 2.13. The van der Waals surface area contributed by atoms with E-state index in [9.17, 15) is 0 Å². The van der Waals surface area contributed by atoms with Crippen LogP contribution >= 0.6 is 11.6 Å². The Labute approximate surface area is 109 Å². The van der Waals surface area contributed by atoms with Crippen molar-refractivity contribution < 1.29 is 4.74 Å². The molecule has 0 fully saturated rings. The molecule has 1 aromatic heterocycles. The summed E-state index contributed by atoms with van der Waals surface area (Å²) in [6.07, 6.45) is 1.91. The number of nitrogens with zero attached hydrogens (tertiary/aromatic N) is 1. The van der Waals surface area contributed by atoms with E-state index in [1.54, 1.807) is 0 Å². The molecule has 1 heterocycles. The quantitative estimate of drug-likeness (QED) is 0.756. The second-order valence-electron chi connectivity index (χ2n) is 4.27. The molecule has 0 aliphatic carbocycles. The van der Waals surface area contributed by atoms with Gasteiger partial charge in [-0.25, -0.2) is 0 Å². The van der Waals surface area contributed by atoms with Crippen molar-refractivity contribution in [3.05, 3.63) is 18.2 Å². The minimum absolute atomic E-state index is 0.0143. The van der Waals surface area contributed by atoms with Crippen LogP contribution in [0.25, 0.3) is 0 Å². The largest absolute Gasteiger partial charge is 0.478 e. The Morgan fingerprint density at radius 3 is 2.76 bits per heavy atom. The lowest BCUT2D eigenvalue weighted by Crippen LogP contribution is -2.34. The zero-order valence-corrected chi connectivity index (χ0v) is 11.5. The number of aromatic nitrogens is 1. The SMILES string of the molecule is CCOc1cccc(NC(C)(CC)CCCl)n1. The lowest BCUT2D eigenvalue weighted by atomic mass is 9.95. The number of hydrogen-bond acceptors (Lipinski definition) is 3. The molecule has 0 spiro atoms. The van der Waals surface area contributed by atoms with Crippen LogP contribution in [-0.2, 0) is 0 Å². The fourth-order valence-electron chi connectivity index (χ4n) is 1.56. The first-order valence-electron chi connectivity index (χ1n) is 6.07. The van der Waals surface area contributed by atoms with E-state index in [1.807, 2.05) is 25.1 Å². The molecular formula is C13H21ClN2O. The summed E-state index contributed by atoms with van der Waals surface area (Å²) in [7, 11) is 0. The summed E-state index contributed by atoms with van der Waals surface area (Å²) in [6, 6.07) is 5.75. The summed E-state index contributed by atoms with van der Waals surface area (Å²) >= 11 is 5.83. The van der Waals surface area contributed by atoms with E-state index in [2.05, 4.69) is 24.1 Å². The highest BCUT2D eigenvalue weighted by Gasteiger charge is 2.21. The summed E-state index contributed by atoms with van der Waals surface area (Å²) in [5.41, 5.74) is -0.0143. The summed E-state index contributed by atoms with van der Waals surface area (Å²) in [5, 5.41) is 3.43. The molecule has 0 bridgehead atoms. The Morgan fingerprint density at radius 1 is 1.41 bits per heavy atom. The molecule has 4 heteroatoms. The number of pyridine rings is 1. The van der Waals surface area contributed by atoms with Gasteiger partial charge in [0.25, 0.3) is 0 Å². The van der Waals surface area contributed by atoms with Crippen molar-refractivity contribution >= 4 is 17.4 Å². The Morgan fingerprint density at radius 2 is 2.18 bits per heavy atom. The molecule has 3 nitrogen and oxygen atoms in total. The number of hydrogen-bond donors (Lipinski definition) is 1. The van der Waals surface area contributed by atoms with Gasteiger partial charge in [-0.05, 0) is 32.8 Å². The van der Waals surface area contributed by atoms with E-state index in [1.165, 1.54) is 0 Å². The van der Waals surface area contributed by atoms with Crippen LogP contribution in [0.2, 0.25) is 0 Å². The lowest BCUT2D eigenvalue weighted by Gasteiger charge is -2.29. The lowest BCUT2D eigenvalue weighted by molar-refractivity contribution is 0.327. The van der Waals surface area contributed by atoms with Gasteiger partial charge in [0.15, 0.2) is 0 Å². The fraction of sp³-hybridized carbons (Fsp3) is 0.615. The van der Waals surface area contributed by atoms with Crippen molar-refractivity contribution in [1.82, 2.24) is 4.98 Å². The van der Waals surface area contributed by atoms with Crippen molar-refractivity contribution in [2.45, 2.75) is 39.2 Å². The molecule has 1 N–H and O–H groups in total. The molecule has 17 heavy (non-hydrogen) atoms. The molecule has 0 aliphatic heterocycles. The van der Waals surface area contributed by atoms with Crippen molar-refractivity contribution in [3.8, 4) is 5.88 Å². The van der Waals surface area contributed by atoms with E-state index in [0.717, 1.165) is 18.7 Å². The molecule has 1 aromatic rings. The number of halogens is 1. The Balaban J connectivity index is 2.75. The number of alkyl halides is 1. The molecule has 1 unspecified atom stereocenters. The van der Waals surface area contributed by atoms with Crippen LogP contribution in [0.1, 0.15) is 33.6 Å². The molecule has 0 aromatic carbocycles. The van der Waals surface area contributed by atoms with E-state index in [0.29, 0.717) is 18.4 Å². The minimum Gasteiger partial charge on any atom is -0.478 e. The molecule has 0 amide bonds. The van der Waals surface area contributed by atoms with E-state index in [4.69, 9.17) is 16.3 Å². The maximum absolute atomic E-state index is 5.83. The monoisotopic (exact) mass is 256 g/mol. The van der Waals surface area contributed by atoms with Crippen molar-refractivity contribution in [2.75, 3.05) is 17.8 Å². The second-order valence-corrected chi connectivity index (χ2v) is 4.65. The Bertz CT molecular complexity index is 346. The van der Waals surface area contributed by atoms with Gasteiger partial charge in [0.05, 0.1) is 6.61 Å². The number of anilines is 1. The molecule has 0 aliphatic rings. The maximum Gasteiger partial charge on any atom is 0.215 e. The van der Waals surface area contributed by atoms with E-state index >= 15 is 0 Å². The third kappa shape index (κ3) is 4.43. The van der Waals surface area contributed by atoms with Crippen LogP contribution in [-0.4, -0.2) is 23.0 Å². The second kappa shape index (κ2) is 6.70. The molecule has 1 rings (SSSR count). The van der Waals surface area contributed by atoms with Gasteiger partial charge in [0.1, 0.15) is 5.82 Å². The number of nitrogens with one attached hydrogen (secondary N) is 1. The highest BCUT2D eigenvalue weighted by Crippen LogP contribution is 2.22. The number of rotatable bonds is 7. The van der Waals surface area contributed by atoms with Gasteiger partial charge in [-0.1, -0.05) is 13.0 Å². The van der Waals surface area contributed by atoms with Gasteiger partial charge in [0, 0.05) is 17.5 Å². The fourth-order valence-corrected chi connectivity index (χ4v) is 1.98. The van der Waals surface area contributed by atoms with Gasteiger partial charge in [-0.15, -0.1) is 11.6 Å². The van der Waals surface area contributed by atoms with Gasteiger partial charge in [-0.2, -0.15) is 4.98 Å². The van der Waals surface area contributed by atoms with Crippen LogP contribution in [0.15, 0.2) is 18.2 Å². The third-order valence-electron chi connectivity index (χ3n) is 2.87. The maximum atomic E-state index is 5.83. The molecule has 1 atom stereocenters. The van der Waals surface area contributed by atoms with E-state index in [-0.39, 0.29) is 5.54 Å². The highest BCUT2D eigenvalue weighted by atomic mass is 35.5. The zero-order valence-electron chi connectivity index (χ0n) is 10.8. The number of ether oxygens (including phenoxy) is 1. The Hall–Kier alpha value is -0.960. The van der Waals surface area contributed by atoms with Gasteiger partial charge in [-0.3, -0.25) is 0 Å². The predicted octanol–water partition coefficient (Wildman–Crippen LogP) is 3.69. The topological polar surface area (TPSA) is 34.1 Å². The molecule has 0 radical (unpaired) electrons. The summed E-state index contributed by atoms with van der Waals surface area (Å²) in [4.78, 5) is 4.40. The summed E-state index contributed by atoms with van der Waals surface area (Å²) < 4.78 is 5.38. The molecular weight excluding hydrogens is 236 g/mol. The zero-order chi connectivity index (χ0) is 12.7. The normalized spacial score (nSPS) is 14.1. The molecule has 0 saturated heterocycles. The Kier molecular flexibility index (Phi) is 5.56. The van der Waals surface area contributed by atoms with Crippen LogP contribution in [0.3, 0.4) is 0 Å². The third-order valence-corrected chi connectivity index (χ3v) is 3.06. The van der Waals surface area contributed by atoms with Crippen molar-refractivity contribution in [3.63, 3.8) is 0 Å².